The summed E-state index contributed by atoms with van der Waals surface area (Å²) < 4.78 is 6.10. The molecule has 0 atom stereocenters. The molecule has 0 radical (unpaired) electrons. The van der Waals surface area contributed by atoms with E-state index >= 15 is 0 Å². The van der Waals surface area contributed by atoms with E-state index in [4.69, 9.17) is 4.42 Å². The Morgan fingerprint density at radius 2 is 2.33 bits per heavy atom. The van der Waals surface area contributed by atoms with Gasteiger partial charge in [-0.2, -0.15) is 0 Å². The highest BCUT2D eigenvalue weighted by Crippen LogP contribution is 2.51. The molecule has 15 heavy (non-hydrogen) atoms. The van der Waals surface area contributed by atoms with Crippen LogP contribution in [0.15, 0.2) is 21.4 Å². The van der Waals surface area contributed by atoms with Crippen LogP contribution in [0.4, 0.5) is 0 Å². The summed E-state index contributed by atoms with van der Waals surface area (Å²) in [5, 5.41) is 1.11. The van der Waals surface area contributed by atoms with Crippen molar-refractivity contribution in [1.82, 2.24) is 4.90 Å². The maximum atomic E-state index is 5.27. The van der Waals surface area contributed by atoms with E-state index in [1.165, 1.54) is 24.9 Å². The van der Waals surface area contributed by atoms with E-state index in [2.05, 4.69) is 42.8 Å². The number of fused-ring (bicyclic) bond motifs is 1. The molecule has 4 heteroatoms. The van der Waals surface area contributed by atoms with Crippen LogP contribution in [0.25, 0.3) is 0 Å². The highest BCUT2D eigenvalue weighted by molar-refractivity contribution is 9.10. The number of rotatable bonds is 3. The van der Waals surface area contributed by atoms with Gasteiger partial charge in [0, 0.05) is 29.5 Å². The molecule has 82 valence electrons. The van der Waals surface area contributed by atoms with Crippen molar-refractivity contribution < 1.29 is 4.42 Å². The molecule has 1 aliphatic carbocycles. The molecule has 2 bridgehead atoms. The van der Waals surface area contributed by atoms with E-state index in [1.54, 1.807) is 0 Å². The molecular weight excluding hydrogens is 322 g/mol. The fraction of sp³-hybridized carbons (Fsp3) is 0.636. The number of hydrogen-bond acceptors (Lipinski definition) is 2. The molecule has 0 N–H and O–H groups in total. The van der Waals surface area contributed by atoms with Crippen LogP contribution < -0.4 is 0 Å². The lowest BCUT2D eigenvalue weighted by Gasteiger charge is -2.41. The summed E-state index contributed by atoms with van der Waals surface area (Å²) in [4.78, 5) is 2.60. The summed E-state index contributed by atoms with van der Waals surface area (Å²) in [5.41, 5.74) is 1.73. The minimum Gasteiger partial charge on any atom is -0.457 e. The molecule has 3 heterocycles. The highest BCUT2D eigenvalue weighted by atomic mass is 79.9. The van der Waals surface area contributed by atoms with Crippen LogP contribution in [-0.4, -0.2) is 22.3 Å². The van der Waals surface area contributed by atoms with Gasteiger partial charge in [0.15, 0.2) is 4.67 Å². The first-order chi connectivity index (χ1) is 7.22. The van der Waals surface area contributed by atoms with Crippen LogP contribution in [0.1, 0.15) is 18.4 Å². The fourth-order valence-electron chi connectivity index (χ4n) is 2.98. The molecule has 2 aliphatic heterocycles. The minimum atomic E-state index is 0.453. The van der Waals surface area contributed by atoms with Gasteiger partial charge in [-0.3, -0.25) is 4.90 Å². The monoisotopic (exact) mass is 333 g/mol. The third-order valence-electron chi connectivity index (χ3n) is 3.73. The second-order valence-electron chi connectivity index (χ2n) is 4.77. The van der Waals surface area contributed by atoms with Crippen molar-refractivity contribution in [2.45, 2.75) is 24.9 Å². The average Bonchev–Trinajstić information content (AvgIpc) is 2.78. The Hall–Kier alpha value is 0.200. The molecule has 1 aromatic heterocycles. The minimum absolute atomic E-state index is 0.453. The first-order valence-electron chi connectivity index (χ1n) is 5.26. The predicted molar refractivity (Wildman–Crippen MR) is 66.1 cm³/mol. The van der Waals surface area contributed by atoms with Gasteiger partial charge in [0.05, 0.1) is 6.26 Å². The fourth-order valence-corrected chi connectivity index (χ4v) is 4.18. The zero-order valence-corrected chi connectivity index (χ0v) is 11.6. The number of alkyl halides is 1. The lowest BCUT2D eigenvalue weighted by Crippen LogP contribution is -2.46. The quantitative estimate of drug-likeness (QED) is 0.788. The van der Waals surface area contributed by atoms with Crippen LogP contribution in [0.2, 0.25) is 0 Å². The predicted octanol–water partition coefficient (Wildman–Crippen LogP) is 3.40. The Labute approximate surface area is 106 Å². The van der Waals surface area contributed by atoms with Crippen LogP contribution in [0, 0.1) is 5.92 Å². The SMILES string of the molecule is BrCC12CC(CN1Cc1coc(Br)c1)C2. The first kappa shape index (κ1) is 10.4. The van der Waals surface area contributed by atoms with Gasteiger partial charge in [-0.05, 0) is 40.8 Å². The van der Waals surface area contributed by atoms with Crippen molar-refractivity contribution >= 4 is 31.9 Å². The Morgan fingerprint density at radius 1 is 1.53 bits per heavy atom. The summed E-state index contributed by atoms with van der Waals surface area (Å²) in [5.74, 6) is 0.942. The largest absolute Gasteiger partial charge is 0.457 e. The first-order valence-corrected chi connectivity index (χ1v) is 7.17. The second-order valence-corrected chi connectivity index (χ2v) is 6.11. The molecular formula is C11H13Br2NO. The Bertz CT molecular complexity index is 370. The van der Waals surface area contributed by atoms with Crippen LogP contribution in [0.3, 0.4) is 0 Å². The number of furan rings is 1. The lowest BCUT2D eigenvalue weighted by molar-refractivity contribution is 0.129. The summed E-state index contributed by atoms with van der Waals surface area (Å²) in [6.45, 7) is 2.28. The van der Waals surface area contributed by atoms with Crippen molar-refractivity contribution in [3.8, 4) is 0 Å². The molecule has 0 unspecified atom stereocenters. The molecule has 0 amide bonds. The second kappa shape index (κ2) is 3.60. The van der Waals surface area contributed by atoms with Gasteiger partial charge in [-0.25, -0.2) is 0 Å². The summed E-state index contributed by atoms with van der Waals surface area (Å²) in [6.07, 6.45) is 4.59. The molecule has 1 aromatic rings. The maximum absolute atomic E-state index is 5.27. The third-order valence-corrected chi connectivity index (χ3v) is 5.19. The van der Waals surface area contributed by atoms with E-state index in [1.807, 2.05) is 6.26 Å². The molecule has 2 nitrogen and oxygen atoms in total. The molecule has 1 saturated carbocycles. The van der Waals surface area contributed by atoms with Crippen LogP contribution in [-0.2, 0) is 6.54 Å². The molecule has 4 rings (SSSR count). The number of halogens is 2. The van der Waals surface area contributed by atoms with Crippen molar-refractivity contribution in [2.24, 2.45) is 5.92 Å². The smallest absolute Gasteiger partial charge is 0.169 e. The highest BCUT2D eigenvalue weighted by Gasteiger charge is 2.54. The molecule has 2 saturated heterocycles. The van der Waals surface area contributed by atoms with E-state index in [0.717, 1.165) is 22.5 Å². The summed E-state index contributed by atoms with van der Waals surface area (Å²) in [7, 11) is 0. The Balaban J connectivity index is 1.74. The molecule has 0 aromatic carbocycles. The Kier molecular flexibility index (Phi) is 2.49. The topological polar surface area (TPSA) is 16.4 Å². The van der Waals surface area contributed by atoms with Crippen molar-refractivity contribution in [1.29, 1.82) is 0 Å². The summed E-state index contributed by atoms with van der Waals surface area (Å²) >= 11 is 7.00. The van der Waals surface area contributed by atoms with Gasteiger partial charge in [0.2, 0.25) is 0 Å². The van der Waals surface area contributed by atoms with E-state index in [-0.39, 0.29) is 0 Å². The molecule has 0 spiro atoms. The normalized spacial score (nSPS) is 34.4. The van der Waals surface area contributed by atoms with Crippen molar-refractivity contribution in [2.75, 3.05) is 11.9 Å². The van der Waals surface area contributed by atoms with E-state index in [9.17, 15) is 0 Å². The Morgan fingerprint density at radius 3 is 2.93 bits per heavy atom. The van der Waals surface area contributed by atoms with Gasteiger partial charge in [-0.15, -0.1) is 0 Å². The van der Waals surface area contributed by atoms with E-state index < -0.39 is 0 Å². The average molecular weight is 335 g/mol. The zero-order valence-electron chi connectivity index (χ0n) is 8.38. The van der Waals surface area contributed by atoms with Gasteiger partial charge in [0.1, 0.15) is 0 Å². The number of nitrogens with zero attached hydrogens (tertiary/aromatic N) is 1. The van der Waals surface area contributed by atoms with E-state index in [0.29, 0.717) is 5.54 Å². The third kappa shape index (κ3) is 1.61. The zero-order chi connectivity index (χ0) is 10.5. The lowest BCUT2D eigenvalue weighted by atomic mass is 9.75. The van der Waals surface area contributed by atoms with Gasteiger partial charge in [-0.1, -0.05) is 15.9 Å². The number of hydrogen-bond donors (Lipinski definition) is 0. The van der Waals surface area contributed by atoms with Crippen molar-refractivity contribution in [3.05, 3.63) is 22.6 Å². The van der Waals surface area contributed by atoms with Crippen LogP contribution in [0.5, 0.6) is 0 Å². The molecule has 3 aliphatic rings. The maximum Gasteiger partial charge on any atom is 0.169 e. The van der Waals surface area contributed by atoms with Gasteiger partial charge < -0.3 is 4.42 Å². The van der Waals surface area contributed by atoms with Gasteiger partial charge in [0.25, 0.3) is 0 Å². The molecule has 3 fully saturated rings. The summed E-state index contributed by atoms with van der Waals surface area (Å²) in [6, 6.07) is 2.07. The van der Waals surface area contributed by atoms with Crippen LogP contribution >= 0.6 is 31.9 Å². The standard InChI is InChI=1S/C11H13Br2NO/c12-7-11-2-9(3-11)5-14(11)4-8-1-10(13)15-6-8/h1,6,9H,2-5,7H2. The van der Waals surface area contributed by atoms with Crippen molar-refractivity contribution in [3.63, 3.8) is 0 Å². The van der Waals surface area contributed by atoms with Gasteiger partial charge >= 0.3 is 0 Å².